The van der Waals surface area contributed by atoms with Crippen LogP contribution in [0.25, 0.3) is 12.2 Å². The molecule has 0 aliphatic rings. The standard InChI is InChI=1S/C17H21FN4OS/c1-11(2)15(16(23)22(3)4)24-17-19-14(20-21-17)10-7-12-5-8-13(18)9-6-12/h5-11,15H,1-4H3,(H,19,20,21). The van der Waals surface area contributed by atoms with Crippen molar-refractivity contribution in [2.24, 2.45) is 5.92 Å². The normalized spacial score (nSPS) is 12.8. The Morgan fingerprint density at radius 2 is 1.92 bits per heavy atom. The molecule has 1 aromatic carbocycles. The van der Waals surface area contributed by atoms with Crippen LogP contribution in [0.3, 0.4) is 0 Å². The molecule has 0 spiro atoms. The zero-order valence-electron chi connectivity index (χ0n) is 14.2. The van der Waals surface area contributed by atoms with E-state index in [1.807, 2.05) is 19.9 Å². The first-order valence-electron chi connectivity index (χ1n) is 7.60. The van der Waals surface area contributed by atoms with Crippen molar-refractivity contribution >= 4 is 29.8 Å². The maximum atomic E-state index is 12.9. The summed E-state index contributed by atoms with van der Waals surface area (Å²) in [5, 5.41) is 7.28. The highest BCUT2D eigenvalue weighted by atomic mass is 32.2. The van der Waals surface area contributed by atoms with Gasteiger partial charge in [-0.15, -0.1) is 5.10 Å². The van der Waals surface area contributed by atoms with Crippen LogP contribution in [-0.2, 0) is 4.79 Å². The Morgan fingerprint density at radius 1 is 1.25 bits per heavy atom. The molecule has 0 aliphatic carbocycles. The number of thioether (sulfide) groups is 1. The number of aromatic amines is 1. The van der Waals surface area contributed by atoms with Gasteiger partial charge in [0.1, 0.15) is 11.6 Å². The van der Waals surface area contributed by atoms with Crippen molar-refractivity contribution in [1.82, 2.24) is 20.1 Å². The number of halogens is 1. The molecule has 1 atom stereocenters. The molecule has 2 aromatic rings. The fraction of sp³-hybridized carbons (Fsp3) is 0.353. The largest absolute Gasteiger partial charge is 0.348 e. The second-order valence-corrected chi connectivity index (χ2v) is 7.01. The minimum Gasteiger partial charge on any atom is -0.348 e. The van der Waals surface area contributed by atoms with Gasteiger partial charge in [0.15, 0.2) is 0 Å². The van der Waals surface area contributed by atoms with Crippen molar-refractivity contribution in [3.05, 3.63) is 41.5 Å². The summed E-state index contributed by atoms with van der Waals surface area (Å²) >= 11 is 1.35. The fourth-order valence-electron chi connectivity index (χ4n) is 1.97. The van der Waals surface area contributed by atoms with E-state index in [9.17, 15) is 9.18 Å². The van der Waals surface area contributed by atoms with Gasteiger partial charge in [-0.2, -0.15) is 0 Å². The fourth-order valence-corrected chi connectivity index (χ4v) is 3.03. The number of nitrogens with one attached hydrogen (secondary N) is 1. The number of rotatable bonds is 6. The van der Waals surface area contributed by atoms with Crippen LogP contribution >= 0.6 is 11.8 Å². The zero-order valence-corrected chi connectivity index (χ0v) is 15.0. The van der Waals surface area contributed by atoms with Crippen LogP contribution < -0.4 is 0 Å². The predicted octanol–water partition coefficient (Wildman–Crippen LogP) is 3.32. The highest BCUT2D eigenvalue weighted by Gasteiger charge is 2.26. The van der Waals surface area contributed by atoms with E-state index in [1.165, 1.54) is 23.9 Å². The van der Waals surface area contributed by atoms with Crippen LogP contribution in [0.1, 0.15) is 25.2 Å². The van der Waals surface area contributed by atoms with Gasteiger partial charge < -0.3 is 4.90 Å². The van der Waals surface area contributed by atoms with E-state index in [4.69, 9.17) is 0 Å². The number of benzene rings is 1. The number of H-pyrrole nitrogens is 1. The van der Waals surface area contributed by atoms with E-state index >= 15 is 0 Å². The van der Waals surface area contributed by atoms with Gasteiger partial charge in [0, 0.05) is 14.1 Å². The molecule has 0 saturated heterocycles. The number of hydrogen-bond acceptors (Lipinski definition) is 4. The van der Waals surface area contributed by atoms with Crippen molar-refractivity contribution in [3.8, 4) is 0 Å². The molecule has 1 amide bonds. The number of aromatic nitrogens is 3. The van der Waals surface area contributed by atoms with Gasteiger partial charge in [-0.05, 0) is 29.7 Å². The number of hydrogen-bond donors (Lipinski definition) is 1. The number of amides is 1. The van der Waals surface area contributed by atoms with Gasteiger partial charge in [-0.1, -0.05) is 43.8 Å². The van der Waals surface area contributed by atoms with E-state index in [0.29, 0.717) is 11.0 Å². The molecule has 0 fully saturated rings. The van der Waals surface area contributed by atoms with Crippen LogP contribution in [0.5, 0.6) is 0 Å². The quantitative estimate of drug-likeness (QED) is 0.814. The molecule has 1 heterocycles. The average molecular weight is 348 g/mol. The monoisotopic (exact) mass is 348 g/mol. The van der Waals surface area contributed by atoms with Crippen LogP contribution in [0.15, 0.2) is 29.4 Å². The Bertz CT molecular complexity index is 710. The summed E-state index contributed by atoms with van der Waals surface area (Å²) in [5.74, 6) is 0.530. The van der Waals surface area contributed by atoms with Gasteiger partial charge in [0.05, 0.1) is 5.25 Å². The molecule has 7 heteroatoms. The summed E-state index contributed by atoms with van der Waals surface area (Å²) in [6.45, 7) is 4.00. The highest BCUT2D eigenvalue weighted by molar-refractivity contribution is 8.00. The van der Waals surface area contributed by atoms with Crippen molar-refractivity contribution in [3.63, 3.8) is 0 Å². The molecule has 128 valence electrons. The topological polar surface area (TPSA) is 61.9 Å². The van der Waals surface area contributed by atoms with Crippen molar-refractivity contribution < 1.29 is 9.18 Å². The lowest BCUT2D eigenvalue weighted by molar-refractivity contribution is -0.128. The Labute approximate surface area is 145 Å². The Hall–Kier alpha value is -2.15. The summed E-state index contributed by atoms with van der Waals surface area (Å²) < 4.78 is 12.9. The zero-order chi connectivity index (χ0) is 17.7. The summed E-state index contributed by atoms with van der Waals surface area (Å²) in [4.78, 5) is 18.2. The number of carbonyl (C=O) groups excluding carboxylic acids is 1. The second kappa shape index (κ2) is 8.10. The Morgan fingerprint density at radius 3 is 2.50 bits per heavy atom. The van der Waals surface area contributed by atoms with Gasteiger partial charge in [-0.3, -0.25) is 9.89 Å². The lowest BCUT2D eigenvalue weighted by atomic mass is 10.1. The minimum absolute atomic E-state index is 0.0446. The SMILES string of the molecule is CC(C)C(Sc1n[nH]c(C=Cc2ccc(F)cc2)n1)C(=O)N(C)C. The van der Waals surface area contributed by atoms with Gasteiger partial charge in [0.25, 0.3) is 0 Å². The Balaban J connectivity index is 2.06. The molecule has 1 aromatic heterocycles. The molecule has 2 rings (SSSR count). The maximum Gasteiger partial charge on any atom is 0.235 e. The van der Waals surface area contributed by atoms with Crippen molar-refractivity contribution in [1.29, 1.82) is 0 Å². The third kappa shape index (κ3) is 4.92. The molecule has 0 radical (unpaired) electrons. The van der Waals surface area contributed by atoms with Gasteiger partial charge in [-0.25, -0.2) is 9.37 Å². The average Bonchev–Trinajstić information content (AvgIpc) is 2.98. The molecule has 1 N–H and O–H groups in total. The first-order chi connectivity index (χ1) is 11.4. The molecule has 24 heavy (non-hydrogen) atoms. The molecule has 1 unspecified atom stereocenters. The minimum atomic E-state index is -0.268. The Kier molecular flexibility index (Phi) is 6.14. The number of carbonyl (C=O) groups is 1. The lowest BCUT2D eigenvalue weighted by Crippen LogP contribution is -2.34. The van der Waals surface area contributed by atoms with Crippen LogP contribution in [0, 0.1) is 11.7 Å². The van der Waals surface area contributed by atoms with E-state index in [2.05, 4.69) is 15.2 Å². The van der Waals surface area contributed by atoms with Crippen molar-refractivity contribution in [2.75, 3.05) is 14.1 Å². The summed E-state index contributed by atoms with van der Waals surface area (Å²) in [5.41, 5.74) is 0.866. The molecule has 0 bridgehead atoms. The summed E-state index contributed by atoms with van der Waals surface area (Å²) in [7, 11) is 3.49. The summed E-state index contributed by atoms with van der Waals surface area (Å²) in [6, 6.07) is 6.17. The number of nitrogens with zero attached hydrogens (tertiary/aromatic N) is 3. The molecule has 5 nitrogen and oxygen atoms in total. The van der Waals surface area contributed by atoms with Gasteiger partial charge >= 0.3 is 0 Å². The highest BCUT2D eigenvalue weighted by Crippen LogP contribution is 2.26. The van der Waals surface area contributed by atoms with E-state index < -0.39 is 0 Å². The molecular weight excluding hydrogens is 327 g/mol. The van der Waals surface area contributed by atoms with Crippen LogP contribution in [-0.4, -0.2) is 45.3 Å². The van der Waals surface area contributed by atoms with E-state index in [0.717, 1.165) is 5.56 Å². The lowest BCUT2D eigenvalue weighted by Gasteiger charge is -2.21. The first-order valence-corrected chi connectivity index (χ1v) is 8.48. The molecule has 0 aliphatic heterocycles. The van der Waals surface area contributed by atoms with Crippen molar-refractivity contribution in [2.45, 2.75) is 24.3 Å². The first kappa shape index (κ1) is 18.2. The second-order valence-electron chi connectivity index (χ2n) is 5.90. The van der Waals surface area contributed by atoms with E-state index in [1.54, 1.807) is 37.2 Å². The molecular formula is C17H21FN4OS. The van der Waals surface area contributed by atoms with E-state index in [-0.39, 0.29) is 22.9 Å². The van der Waals surface area contributed by atoms with Crippen LogP contribution in [0.2, 0.25) is 0 Å². The smallest absolute Gasteiger partial charge is 0.235 e. The predicted molar refractivity (Wildman–Crippen MR) is 94.9 cm³/mol. The summed E-state index contributed by atoms with van der Waals surface area (Å²) in [6.07, 6.45) is 3.59. The molecule has 0 saturated carbocycles. The third-order valence-electron chi connectivity index (χ3n) is 3.31. The maximum absolute atomic E-state index is 12.9. The third-order valence-corrected chi connectivity index (χ3v) is 4.70. The van der Waals surface area contributed by atoms with Crippen LogP contribution in [0.4, 0.5) is 4.39 Å². The van der Waals surface area contributed by atoms with Gasteiger partial charge in [0.2, 0.25) is 11.1 Å².